The number of sulfonamides is 1. The summed E-state index contributed by atoms with van der Waals surface area (Å²) in [6.07, 6.45) is 0. The minimum atomic E-state index is -3.88. The first kappa shape index (κ1) is 17.5. The molecule has 0 aliphatic carbocycles. The monoisotopic (exact) mass is 348 g/mol. The standard InChI is InChI=1S/C16H16N2O5S/c1-10-3-4-12(16(20)21)9-15(10)18-24(22,23)14-7-5-13(6-8-14)17-11(2)19/h3-9,18H,1-2H3,(H,17,19)(H,20,21). The molecule has 0 aliphatic rings. The first-order chi connectivity index (χ1) is 11.2. The van der Waals surface area contributed by atoms with Crippen LogP contribution in [0.15, 0.2) is 47.4 Å². The number of benzene rings is 2. The lowest BCUT2D eigenvalue weighted by Gasteiger charge is -2.12. The third-order valence-electron chi connectivity index (χ3n) is 3.21. The summed E-state index contributed by atoms with van der Waals surface area (Å²) in [6.45, 7) is 3.02. The van der Waals surface area contributed by atoms with E-state index in [4.69, 9.17) is 5.11 Å². The zero-order valence-electron chi connectivity index (χ0n) is 13.0. The third-order valence-corrected chi connectivity index (χ3v) is 4.60. The Kier molecular flexibility index (Phi) is 4.89. The normalized spacial score (nSPS) is 10.9. The van der Waals surface area contributed by atoms with Crippen LogP contribution in [0.1, 0.15) is 22.8 Å². The highest BCUT2D eigenvalue weighted by Crippen LogP contribution is 2.22. The number of carboxylic acids is 1. The maximum absolute atomic E-state index is 12.4. The average Bonchev–Trinajstić information content (AvgIpc) is 2.49. The molecule has 0 saturated heterocycles. The molecule has 0 aromatic heterocycles. The Morgan fingerprint density at radius 3 is 2.21 bits per heavy atom. The van der Waals surface area contributed by atoms with E-state index in [-0.39, 0.29) is 22.1 Å². The predicted molar refractivity (Wildman–Crippen MR) is 89.7 cm³/mol. The molecule has 2 aromatic carbocycles. The highest BCUT2D eigenvalue weighted by atomic mass is 32.2. The molecule has 0 aliphatic heterocycles. The zero-order chi connectivity index (χ0) is 17.9. The van der Waals surface area contributed by atoms with E-state index in [1.165, 1.54) is 49.4 Å². The number of aromatic carboxylic acids is 1. The van der Waals surface area contributed by atoms with Crippen molar-refractivity contribution in [2.75, 3.05) is 10.0 Å². The van der Waals surface area contributed by atoms with Crippen LogP contribution >= 0.6 is 0 Å². The number of carbonyl (C=O) groups is 2. The number of hydrogen-bond acceptors (Lipinski definition) is 4. The van der Waals surface area contributed by atoms with Gasteiger partial charge < -0.3 is 10.4 Å². The molecular formula is C16H16N2O5S. The van der Waals surface area contributed by atoms with Gasteiger partial charge in [0.1, 0.15) is 0 Å². The fourth-order valence-corrected chi connectivity index (χ4v) is 3.11. The van der Waals surface area contributed by atoms with Crippen LogP contribution in [0, 0.1) is 6.92 Å². The third kappa shape index (κ3) is 4.11. The molecule has 1 amide bonds. The predicted octanol–water partition coefficient (Wildman–Crippen LogP) is 2.45. The highest BCUT2D eigenvalue weighted by Gasteiger charge is 2.16. The van der Waals surface area contributed by atoms with Gasteiger partial charge in [0.05, 0.1) is 16.1 Å². The second kappa shape index (κ2) is 6.71. The van der Waals surface area contributed by atoms with Crippen molar-refractivity contribution in [3.8, 4) is 0 Å². The number of amides is 1. The van der Waals surface area contributed by atoms with Crippen LogP contribution in [0.4, 0.5) is 11.4 Å². The zero-order valence-corrected chi connectivity index (χ0v) is 13.8. The van der Waals surface area contributed by atoms with Crippen molar-refractivity contribution in [1.29, 1.82) is 0 Å². The second-order valence-corrected chi connectivity index (χ2v) is 6.83. The van der Waals surface area contributed by atoms with E-state index in [2.05, 4.69) is 10.0 Å². The van der Waals surface area contributed by atoms with Crippen LogP contribution in [-0.2, 0) is 14.8 Å². The Balaban J connectivity index is 2.30. The Labute approximate surface area is 139 Å². The fourth-order valence-electron chi connectivity index (χ4n) is 1.99. The SMILES string of the molecule is CC(=O)Nc1ccc(S(=O)(=O)Nc2cc(C(=O)O)ccc2C)cc1. The molecule has 0 unspecified atom stereocenters. The van der Waals surface area contributed by atoms with E-state index in [0.717, 1.165) is 0 Å². The van der Waals surface area contributed by atoms with E-state index in [1.807, 2.05) is 0 Å². The highest BCUT2D eigenvalue weighted by molar-refractivity contribution is 7.92. The topological polar surface area (TPSA) is 113 Å². The Morgan fingerprint density at radius 1 is 1.04 bits per heavy atom. The first-order valence-corrected chi connectivity index (χ1v) is 8.42. The minimum absolute atomic E-state index is 0.00303. The van der Waals surface area contributed by atoms with Crippen LogP contribution in [0.5, 0.6) is 0 Å². The van der Waals surface area contributed by atoms with Crippen molar-refractivity contribution >= 4 is 33.3 Å². The number of nitrogens with one attached hydrogen (secondary N) is 2. The van der Waals surface area contributed by atoms with Crippen LogP contribution in [0.2, 0.25) is 0 Å². The van der Waals surface area contributed by atoms with Gasteiger partial charge in [-0.1, -0.05) is 6.07 Å². The van der Waals surface area contributed by atoms with Gasteiger partial charge in [-0.15, -0.1) is 0 Å². The van der Waals surface area contributed by atoms with Gasteiger partial charge in [0, 0.05) is 12.6 Å². The molecule has 0 bridgehead atoms. The number of carboxylic acid groups (broad SMARTS) is 1. The number of carbonyl (C=O) groups excluding carboxylic acids is 1. The number of hydrogen-bond donors (Lipinski definition) is 3. The lowest BCUT2D eigenvalue weighted by molar-refractivity contribution is -0.114. The largest absolute Gasteiger partial charge is 0.478 e. The molecule has 24 heavy (non-hydrogen) atoms. The molecule has 0 radical (unpaired) electrons. The molecule has 0 spiro atoms. The molecule has 3 N–H and O–H groups in total. The van der Waals surface area contributed by atoms with Crippen LogP contribution in [0.3, 0.4) is 0 Å². The molecule has 2 rings (SSSR count). The van der Waals surface area contributed by atoms with Crippen molar-refractivity contribution < 1.29 is 23.1 Å². The molecule has 2 aromatic rings. The smallest absolute Gasteiger partial charge is 0.335 e. The molecule has 0 heterocycles. The summed E-state index contributed by atoms with van der Waals surface area (Å²) in [5.74, 6) is -1.40. The van der Waals surface area contributed by atoms with Gasteiger partial charge in [0.15, 0.2) is 0 Å². The first-order valence-electron chi connectivity index (χ1n) is 6.93. The van der Waals surface area contributed by atoms with Crippen molar-refractivity contribution in [1.82, 2.24) is 0 Å². The summed E-state index contributed by atoms with van der Waals surface area (Å²) >= 11 is 0. The van der Waals surface area contributed by atoms with Gasteiger partial charge in [-0.3, -0.25) is 9.52 Å². The quantitative estimate of drug-likeness (QED) is 0.768. The van der Waals surface area contributed by atoms with Crippen molar-refractivity contribution in [3.63, 3.8) is 0 Å². The molecule has 0 saturated carbocycles. The van der Waals surface area contributed by atoms with E-state index >= 15 is 0 Å². The number of aryl methyl sites for hydroxylation is 1. The van der Waals surface area contributed by atoms with E-state index in [9.17, 15) is 18.0 Å². The van der Waals surface area contributed by atoms with E-state index in [0.29, 0.717) is 11.3 Å². The number of rotatable bonds is 5. The molecule has 7 nitrogen and oxygen atoms in total. The molecule has 0 fully saturated rings. The Morgan fingerprint density at radius 2 is 1.67 bits per heavy atom. The van der Waals surface area contributed by atoms with Gasteiger partial charge in [-0.2, -0.15) is 0 Å². The second-order valence-electron chi connectivity index (χ2n) is 5.15. The lowest BCUT2D eigenvalue weighted by atomic mass is 10.1. The van der Waals surface area contributed by atoms with Crippen molar-refractivity contribution in [2.45, 2.75) is 18.7 Å². The molecule has 0 atom stereocenters. The molecule has 126 valence electrons. The van der Waals surface area contributed by atoms with Gasteiger partial charge in [-0.25, -0.2) is 13.2 Å². The van der Waals surface area contributed by atoms with Gasteiger partial charge in [-0.05, 0) is 48.9 Å². The van der Waals surface area contributed by atoms with Gasteiger partial charge in [0.2, 0.25) is 5.91 Å². The summed E-state index contributed by atoms with van der Waals surface area (Å²) in [5.41, 5.74) is 1.25. The van der Waals surface area contributed by atoms with Crippen molar-refractivity contribution in [3.05, 3.63) is 53.6 Å². The lowest BCUT2D eigenvalue weighted by Crippen LogP contribution is -2.14. The minimum Gasteiger partial charge on any atom is -0.478 e. The maximum Gasteiger partial charge on any atom is 0.335 e. The average molecular weight is 348 g/mol. The summed E-state index contributed by atoms with van der Waals surface area (Å²) in [6, 6.07) is 9.83. The summed E-state index contributed by atoms with van der Waals surface area (Å²) in [5, 5.41) is 11.5. The van der Waals surface area contributed by atoms with Crippen LogP contribution in [-0.4, -0.2) is 25.4 Å². The maximum atomic E-state index is 12.4. The summed E-state index contributed by atoms with van der Waals surface area (Å²) in [4.78, 5) is 22.0. The van der Waals surface area contributed by atoms with Gasteiger partial charge >= 0.3 is 5.97 Å². The van der Waals surface area contributed by atoms with E-state index in [1.54, 1.807) is 6.92 Å². The van der Waals surface area contributed by atoms with Crippen LogP contribution < -0.4 is 10.0 Å². The summed E-state index contributed by atoms with van der Waals surface area (Å²) < 4.78 is 27.2. The Hall–Kier alpha value is -2.87. The van der Waals surface area contributed by atoms with Crippen LogP contribution in [0.25, 0.3) is 0 Å². The van der Waals surface area contributed by atoms with Gasteiger partial charge in [0.25, 0.3) is 10.0 Å². The van der Waals surface area contributed by atoms with E-state index < -0.39 is 16.0 Å². The molecular weight excluding hydrogens is 332 g/mol. The molecule has 8 heteroatoms. The summed E-state index contributed by atoms with van der Waals surface area (Å²) in [7, 11) is -3.88. The number of anilines is 2. The Bertz CT molecular complexity index is 889. The fraction of sp³-hybridized carbons (Fsp3) is 0.125. The van der Waals surface area contributed by atoms with Crippen molar-refractivity contribution in [2.24, 2.45) is 0 Å².